The summed E-state index contributed by atoms with van der Waals surface area (Å²) in [5.41, 5.74) is 2.80. The van der Waals surface area contributed by atoms with Gasteiger partial charge in [0.15, 0.2) is 0 Å². The average Bonchev–Trinajstić information content (AvgIpc) is 3.03. The summed E-state index contributed by atoms with van der Waals surface area (Å²) >= 11 is 1.67. The molecule has 0 N–H and O–H groups in total. The summed E-state index contributed by atoms with van der Waals surface area (Å²) < 4.78 is 10.9. The molecule has 0 aliphatic carbocycles. The lowest BCUT2D eigenvalue weighted by Gasteiger charge is -2.43. The molecule has 3 heterocycles. The quantitative estimate of drug-likeness (QED) is 0.752. The van der Waals surface area contributed by atoms with Gasteiger partial charge in [-0.05, 0) is 26.0 Å². The molecule has 0 radical (unpaired) electrons. The molecule has 1 aromatic carbocycles. The highest BCUT2D eigenvalue weighted by Gasteiger charge is 2.32. The molecule has 0 spiro atoms. The maximum atomic E-state index is 13.2. The molecule has 1 amide bonds. The van der Waals surface area contributed by atoms with Gasteiger partial charge in [0.2, 0.25) is 0 Å². The predicted octanol–water partition coefficient (Wildman–Crippen LogP) is 2.74. The van der Waals surface area contributed by atoms with Gasteiger partial charge in [-0.25, -0.2) is 0 Å². The average molecular weight is 388 g/mol. The normalized spacial score (nSPS) is 20.5. The lowest BCUT2D eigenvalue weighted by atomic mass is 10.1. The van der Waals surface area contributed by atoms with Crippen LogP contribution in [-0.2, 0) is 10.5 Å². The molecule has 0 bridgehead atoms. The van der Waals surface area contributed by atoms with Crippen LogP contribution in [0.2, 0.25) is 0 Å². The first-order valence-electron chi connectivity index (χ1n) is 9.38. The highest BCUT2D eigenvalue weighted by molar-refractivity contribution is 7.98. The second-order valence-corrected chi connectivity index (χ2v) is 8.12. The van der Waals surface area contributed by atoms with Crippen LogP contribution in [0.3, 0.4) is 0 Å². The predicted molar refractivity (Wildman–Crippen MR) is 104 cm³/mol. The second-order valence-electron chi connectivity index (χ2n) is 7.10. The molecule has 0 saturated carbocycles. The van der Waals surface area contributed by atoms with Crippen LogP contribution in [0.15, 0.2) is 33.7 Å². The number of rotatable bonds is 4. The molecule has 6 nitrogen and oxygen atoms in total. The van der Waals surface area contributed by atoms with E-state index in [1.165, 1.54) is 0 Å². The van der Waals surface area contributed by atoms with Crippen LogP contribution in [0.5, 0.6) is 0 Å². The lowest BCUT2D eigenvalue weighted by Crippen LogP contribution is -2.59. The minimum absolute atomic E-state index is 0.113. The Kier molecular flexibility index (Phi) is 5.52. The topological polar surface area (TPSA) is 58.8 Å². The van der Waals surface area contributed by atoms with Crippen LogP contribution < -0.4 is 0 Å². The number of fused-ring (bicyclic) bond motifs is 1. The Hall–Kier alpha value is -1.83. The number of hydrogen-bond donors (Lipinski definition) is 0. The van der Waals surface area contributed by atoms with Crippen molar-refractivity contribution in [3.63, 3.8) is 0 Å². The van der Waals surface area contributed by atoms with Gasteiger partial charge in [-0.3, -0.25) is 9.69 Å². The zero-order valence-corrected chi connectivity index (χ0v) is 16.6. The van der Waals surface area contributed by atoms with Gasteiger partial charge in [0.05, 0.1) is 30.5 Å². The molecule has 2 saturated heterocycles. The van der Waals surface area contributed by atoms with E-state index in [1.807, 2.05) is 43.0 Å². The molecule has 2 aromatic rings. The minimum atomic E-state index is 0.113. The van der Waals surface area contributed by atoms with Gasteiger partial charge < -0.3 is 14.2 Å². The molecule has 1 aromatic heterocycles. The van der Waals surface area contributed by atoms with Crippen molar-refractivity contribution in [3.05, 3.63) is 46.8 Å². The van der Waals surface area contributed by atoms with Crippen molar-refractivity contribution in [3.8, 4) is 0 Å². The second kappa shape index (κ2) is 8.04. The number of aryl methyl sites for hydroxylation is 2. The number of morpholine rings is 1. The van der Waals surface area contributed by atoms with Gasteiger partial charge in [0.25, 0.3) is 5.91 Å². The van der Waals surface area contributed by atoms with Crippen molar-refractivity contribution < 1.29 is 14.1 Å². The van der Waals surface area contributed by atoms with E-state index in [0.29, 0.717) is 12.6 Å². The van der Waals surface area contributed by atoms with Gasteiger partial charge in [-0.1, -0.05) is 17.3 Å². The Bertz CT molecular complexity index is 803. The molecule has 1 atom stereocenters. The maximum absolute atomic E-state index is 13.2. The maximum Gasteiger partial charge on any atom is 0.255 e. The summed E-state index contributed by atoms with van der Waals surface area (Å²) in [4.78, 5) is 18.6. The molecule has 2 aliphatic heterocycles. The first-order valence-corrected chi connectivity index (χ1v) is 10.4. The highest BCUT2D eigenvalue weighted by atomic mass is 32.2. The summed E-state index contributed by atoms with van der Waals surface area (Å²) in [5, 5.41) is 4.02. The van der Waals surface area contributed by atoms with E-state index in [0.717, 1.165) is 66.0 Å². The number of piperazine rings is 1. The number of benzene rings is 1. The van der Waals surface area contributed by atoms with Gasteiger partial charge >= 0.3 is 0 Å². The SMILES string of the molecule is Cc1noc(C)c1CSc1ccccc1C(=O)N1CCN2CCOC[C@@H]2C1. The van der Waals surface area contributed by atoms with E-state index in [-0.39, 0.29) is 5.91 Å². The third-order valence-corrected chi connectivity index (χ3v) is 6.50. The fraction of sp³-hybridized carbons (Fsp3) is 0.500. The zero-order valence-electron chi connectivity index (χ0n) is 15.8. The number of nitrogens with zero attached hydrogens (tertiary/aromatic N) is 3. The van der Waals surface area contributed by atoms with Gasteiger partial charge in [0.1, 0.15) is 5.76 Å². The number of ether oxygens (including phenoxy) is 1. The molecular formula is C20H25N3O3S. The number of amides is 1. The Morgan fingerprint density at radius 2 is 2.11 bits per heavy atom. The van der Waals surface area contributed by atoms with E-state index in [9.17, 15) is 4.79 Å². The van der Waals surface area contributed by atoms with E-state index in [2.05, 4.69) is 10.1 Å². The van der Waals surface area contributed by atoms with Gasteiger partial charge in [-0.2, -0.15) is 0 Å². The minimum Gasteiger partial charge on any atom is -0.378 e. The summed E-state index contributed by atoms with van der Waals surface area (Å²) in [6.07, 6.45) is 0. The van der Waals surface area contributed by atoms with E-state index < -0.39 is 0 Å². The van der Waals surface area contributed by atoms with Crippen LogP contribution in [0.4, 0.5) is 0 Å². The van der Waals surface area contributed by atoms with E-state index >= 15 is 0 Å². The van der Waals surface area contributed by atoms with Crippen molar-refractivity contribution in [1.29, 1.82) is 0 Å². The van der Waals surface area contributed by atoms with Crippen LogP contribution >= 0.6 is 11.8 Å². The smallest absolute Gasteiger partial charge is 0.255 e. The van der Waals surface area contributed by atoms with E-state index in [1.54, 1.807) is 11.8 Å². The number of aromatic nitrogens is 1. The van der Waals surface area contributed by atoms with Crippen molar-refractivity contribution in [2.45, 2.75) is 30.5 Å². The van der Waals surface area contributed by atoms with Crippen molar-refractivity contribution in [2.24, 2.45) is 0 Å². The molecule has 2 fully saturated rings. The van der Waals surface area contributed by atoms with Gasteiger partial charge in [0, 0.05) is 42.4 Å². The zero-order chi connectivity index (χ0) is 18.8. The molecule has 27 heavy (non-hydrogen) atoms. The molecule has 144 valence electrons. The summed E-state index contributed by atoms with van der Waals surface area (Å²) in [7, 11) is 0. The first-order chi connectivity index (χ1) is 13.1. The summed E-state index contributed by atoms with van der Waals surface area (Å²) in [6.45, 7) is 8.80. The van der Waals surface area contributed by atoms with Crippen molar-refractivity contribution in [1.82, 2.24) is 15.0 Å². The fourth-order valence-corrected chi connectivity index (χ4v) is 4.93. The third-order valence-electron chi connectivity index (χ3n) is 5.40. The third kappa shape index (κ3) is 3.90. The summed E-state index contributed by atoms with van der Waals surface area (Å²) in [6, 6.07) is 8.20. The molecule has 0 unspecified atom stereocenters. The Morgan fingerprint density at radius 3 is 2.93 bits per heavy atom. The molecule has 4 rings (SSSR count). The Labute approximate surface area is 163 Å². The Morgan fingerprint density at radius 1 is 1.26 bits per heavy atom. The number of hydrogen-bond acceptors (Lipinski definition) is 6. The lowest BCUT2D eigenvalue weighted by molar-refractivity contribution is -0.0395. The van der Waals surface area contributed by atoms with Crippen LogP contribution in [-0.4, -0.2) is 66.3 Å². The number of carbonyl (C=O) groups is 1. The standard InChI is InChI=1S/C20H25N3O3S/c1-14-18(15(2)26-21-14)13-27-19-6-4-3-5-17(19)20(24)23-8-7-22-9-10-25-12-16(22)11-23/h3-6,16H,7-13H2,1-2H3/t16-/m0/s1. The van der Waals surface area contributed by atoms with Crippen LogP contribution in [0, 0.1) is 13.8 Å². The highest BCUT2D eigenvalue weighted by Crippen LogP contribution is 2.30. The molecule has 7 heteroatoms. The molecule has 2 aliphatic rings. The largest absolute Gasteiger partial charge is 0.378 e. The summed E-state index contributed by atoms with van der Waals surface area (Å²) in [5.74, 6) is 1.70. The number of carbonyl (C=O) groups excluding carboxylic acids is 1. The van der Waals surface area contributed by atoms with Crippen LogP contribution in [0.1, 0.15) is 27.4 Å². The van der Waals surface area contributed by atoms with Crippen molar-refractivity contribution in [2.75, 3.05) is 39.4 Å². The van der Waals surface area contributed by atoms with E-state index in [4.69, 9.17) is 9.26 Å². The van der Waals surface area contributed by atoms with Crippen LogP contribution in [0.25, 0.3) is 0 Å². The first kappa shape index (κ1) is 18.5. The van der Waals surface area contributed by atoms with Gasteiger partial charge in [-0.15, -0.1) is 11.8 Å². The van der Waals surface area contributed by atoms with Crippen molar-refractivity contribution >= 4 is 17.7 Å². The fourth-order valence-electron chi connectivity index (χ4n) is 3.73. The Balaban J connectivity index is 1.48. The monoisotopic (exact) mass is 387 g/mol. The molecular weight excluding hydrogens is 362 g/mol. The number of thioether (sulfide) groups is 1.